The maximum Gasteiger partial charge on any atom is 0.130 e. The number of benzene rings is 1. The first kappa shape index (κ1) is 13.5. The van der Waals surface area contributed by atoms with E-state index in [4.69, 9.17) is 0 Å². The van der Waals surface area contributed by atoms with Crippen molar-refractivity contribution in [1.82, 2.24) is 5.32 Å². The first-order chi connectivity index (χ1) is 8.72. The summed E-state index contributed by atoms with van der Waals surface area (Å²) in [5, 5.41) is 3.27. The predicted octanol–water partition coefficient (Wildman–Crippen LogP) is 4.20. The Morgan fingerprint density at radius 2 is 1.94 bits per heavy atom. The highest BCUT2D eigenvalue weighted by Gasteiger charge is 2.25. The summed E-state index contributed by atoms with van der Waals surface area (Å²) >= 11 is 0. The Hall–Kier alpha value is -0.960. The number of nitrogens with one attached hydrogen (secondary N) is 1. The third-order valence-corrected chi connectivity index (χ3v) is 3.55. The Kier molecular flexibility index (Phi) is 4.70. The minimum Gasteiger partial charge on any atom is -0.310 e. The molecule has 1 N–H and O–H groups in total. The van der Waals surface area contributed by atoms with Crippen molar-refractivity contribution in [3.8, 4) is 0 Å². The van der Waals surface area contributed by atoms with Gasteiger partial charge in [0.2, 0.25) is 0 Å². The topological polar surface area (TPSA) is 12.0 Å². The van der Waals surface area contributed by atoms with Crippen molar-refractivity contribution in [3.05, 3.63) is 35.4 Å². The van der Waals surface area contributed by atoms with Gasteiger partial charge in [0.15, 0.2) is 0 Å². The zero-order chi connectivity index (χ0) is 13.0. The SMILES string of the molecule is CCCNC(CCC1CC1)c1c(F)cccc1F. The summed E-state index contributed by atoms with van der Waals surface area (Å²) in [6.45, 7) is 2.85. The van der Waals surface area contributed by atoms with Crippen molar-refractivity contribution < 1.29 is 8.78 Å². The molecule has 0 aromatic heterocycles. The standard InChI is InChI=1S/C15H21F2N/c1-2-10-18-14(9-8-11-6-7-11)15-12(16)4-3-5-13(15)17/h3-5,11,14,18H,2,6-10H2,1H3. The van der Waals surface area contributed by atoms with Crippen LogP contribution in [0.4, 0.5) is 8.78 Å². The lowest BCUT2D eigenvalue weighted by Crippen LogP contribution is -2.24. The number of halogens is 2. The molecule has 0 bridgehead atoms. The van der Waals surface area contributed by atoms with Gasteiger partial charge in [-0.25, -0.2) is 8.78 Å². The molecule has 1 atom stereocenters. The smallest absolute Gasteiger partial charge is 0.130 e. The van der Waals surface area contributed by atoms with Crippen LogP contribution in [0.2, 0.25) is 0 Å². The second-order valence-corrected chi connectivity index (χ2v) is 5.16. The Bertz CT molecular complexity index is 368. The molecule has 1 nitrogen and oxygen atoms in total. The molecule has 0 spiro atoms. The fraction of sp³-hybridized carbons (Fsp3) is 0.600. The summed E-state index contributed by atoms with van der Waals surface area (Å²) in [4.78, 5) is 0. The molecule has 1 aromatic rings. The van der Waals surface area contributed by atoms with Gasteiger partial charge in [-0.2, -0.15) is 0 Å². The summed E-state index contributed by atoms with van der Waals surface area (Å²) in [6, 6.07) is 3.92. The molecule has 0 aliphatic heterocycles. The van der Waals surface area contributed by atoms with Gasteiger partial charge < -0.3 is 5.32 Å². The third kappa shape index (κ3) is 3.52. The summed E-state index contributed by atoms with van der Waals surface area (Å²) in [7, 11) is 0. The first-order valence-electron chi connectivity index (χ1n) is 6.89. The van der Waals surface area contributed by atoms with E-state index in [2.05, 4.69) is 12.2 Å². The minimum absolute atomic E-state index is 0.188. The van der Waals surface area contributed by atoms with E-state index in [1.165, 1.54) is 31.0 Å². The van der Waals surface area contributed by atoms with Crippen LogP contribution in [0, 0.1) is 17.6 Å². The zero-order valence-corrected chi connectivity index (χ0v) is 10.9. The molecule has 18 heavy (non-hydrogen) atoms. The maximum atomic E-state index is 13.8. The Labute approximate surface area is 108 Å². The van der Waals surface area contributed by atoms with Crippen LogP contribution in [-0.4, -0.2) is 6.54 Å². The van der Waals surface area contributed by atoms with Gasteiger partial charge >= 0.3 is 0 Å². The van der Waals surface area contributed by atoms with Gasteiger partial charge in [0.25, 0.3) is 0 Å². The van der Waals surface area contributed by atoms with Crippen molar-refractivity contribution in [2.45, 2.75) is 45.1 Å². The molecule has 0 saturated heterocycles. The van der Waals surface area contributed by atoms with Gasteiger partial charge in [0.1, 0.15) is 11.6 Å². The minimum atomic E-state index is -0.431. The lowest BCUT2D eigenvalue weighted by molar-refractivity contribution is 0.428. The fourth-order valence-electron chi connectivity index (χ4n) is 2.32. The predicted molar refractivity (Wildman–Crippen MR) is 69.4 cm³/mol. The van der Waals surface area contributed by atoms with E-state index in [0.29, 0.717) is 0 Å². The van der Waals surface area contributed by atoms with E-state index < -0.39 is 11.6 Å². The van der Waals surface area contributed by atoms with E-state index in [0.717, 1.165) is 31.7 Å². The average molecular weight is 253 g/mol. The number of rotatable bonds is 7. The molecule has 0 amide bonds. The first-order valence-corrected chi connectivity index (χ1v) is 6.89. The van der Waals surface area contributed by atoms with E-state index in [1.54, 1.807) is 0 Å². The third-order valence-electron chi connectivity index (χ3n) is 3.55. The highest BCUT2D eigenvalue weighted by molar-refractivity contribution is 5.23. The van der Waals surface area contributed by atoms with Crippen LogP contribution in [0.15, 0.2) is 18.2 Å². The van der Waals surface area contributed by atoms with E-state index >= 15 is 0 Å². The lowest BCUT2D eigenvalue weighted by Gasteiger charge is -2.20. The van der Waals surface area contributed by atoms with E-state index in [-0.39, 0.29) is 11.6 Å². The van der Waals surface area contributed by atoms with Crippen LogP contribution in [-0.2, 0) is 0 Å². The molecule has 0 radical (unpaired) electrons. The molecular weight excluding hydrogens is 232 g/mol. The summed E-state index contributed by atoms with van der Waals surface area (Å²) < 4.78 is 27.6. The van der Waals surface area contributed by atoms with Crippen LogP contribution in [0.25, 0.3) is 0 Å². The van der Waals surface area contributed by atoms with Crippen molar-refractivity contribution in [2.75, 3.05) is 6.54 Å². The largest absolute Gasteiger partial charge is 0.310 e. The zero-order valence-electron chi connectivity index (χ0n) is 10.9. The Balaban J connectivity index is 2.09. The number of hydrogen-bond donors (Lipinski definition) is 1. The van der Waals surface area contributed by atoms with Crippen molar-refractivity contribution in [1.29, 1.82) is 0 Å². The van der Waals surface area contributed by atoms with Crippen LogP contribution >= 0.6 is 0 Å². The summed E-state index contributed by atoms with van der Waals surface area (Å²) in [5.74, 6) is -0.0791. The highest BCUT2D eigenvalue weighted by atomic mass is 19.1. The van der Waals surface area contributed by atoms with Gasteiger partial charge in [0, 0.05) is 11.6 Å². The van der Waals surface area contributed by atoms with Gasteiger partial charge in [-0.3, -0.25) is 0 Å². The van der Waals surface area contributed by atoms with E-state index in [9.17, 15) is 8.78 Å². The maximum absolute atomic E-state index is 13.8. The molecule has 100 valence electrons. The lowest BCUT2D eigenvalue weighted by atomic mass is 9.99. The van der Waals surface area contributed by atoms with Crippen LogP contribution < -0.4 is 5.32 Å². The monoisotopic (exact) mass is 253 g/mol. The molecule has 2 rings (SSSR count). The molecule has 1 unspecified atom stereocenters. The molecule has 1 aliphatic carbocycles. The molecule has 1 aromatic carbocycles. The summed E-state index contributed by atoms with van der Waals surface area (Å²) in [5.41, 5.74) is 0.214. The molecular formula is C15H21F2N. The van der Waals surface area contributed by atoms with Crippen LogP contribution in [0.3, 0.4) is 0 Å². The van der Waals surface area contributed by atoms with Crippen LogP contribution in [0.1, 0.15) is 50.6 Å². The normalized spacial score (nSPS) is 16.8. The Morgan fingerprint density at radius 1 is 1.28 bits per heavy atom. The van der Waals surface area contributed by atoms with Crippen molar-refractivity contribution in [3.63, 3.8) is 0 Å². The highest BCUT2D eigenvalue weighted by Crippen LogP contribution is 2.36. The molecule has 1 saturated carbocycles. The van der Waals surface area contributed by atoms with E-state index in [1.807, 2.05) is 0 Å². The van der Waals surface area contributed by atoms with Crippen molar-refractivity contribution in [2.24, 2.45) is 5.92 Å². The van der Waals surface area contributed by atoms with Crippen LogP contribution in [0.5, 0.6) is 0 Å². The fourth-order valence-corrected chi connectivity index (χ4v) is 2.32. The molecule has 1 aliphatic rings. The van der Waals surface area contributed by atoms with Gasteiger partial charge in [-0.15, -0.1) is 0 Å². The Morgan fingerprint density at radius 3 is 2.50 bits per heavy atom. The summed E-state index contributed by atoms with van der Waals surface area (Å²) in [6.07, 6.45) is 5.41. The molecule has 0 heterocycles. The van der Waals surface area contributed by atoms with Gasteiger partial charge in [-0.1, -0.05) is 25.8 Å². The molecule has 1 fully saturated rings. The second kappa shape index (κ2) is 6.28. The number of hydrogen-bond acceptors (Lipinski definition) is 1. The second-order valence-electron chi connectivity index (χ2n) is 5.16. The molecule has 3 heteroatoms. The quantitative estimate of drug-likeness (QED) is 0.768. The van der Waals surface area contributed by atoms with Crippen molar-refractivity contribution >= 4 is 0 Å². The van der Waals surface area contributed by atoms with Gasteiger partial charge in [0.05, 0.1) is 0 Å². The van der Waals surface area contributed by atoms with Gasteiger partial charge in [-0.05, 0) is 43.9 Å². The average Bonchev–Trinajstić information content (AvgIpc) is 3.15.